The molecule has 0 saturated carbocycles. The minimum atomic E-state index is -3.39. The molecule has 0 N–H and O–H groups in total. The average Bonchev–Trinajstić information content (AvgIpc) is 2.82. The molecule has 0 aliphatic carbocycles. The van der Waals surface area contributed by atoms with E-state index in [9.17, 15) is 16.8 Å². The summed E-state index contributed by atoms with van der Waals surface area (Å²) in [7, 11) is -6.60. The van der Waals surface area contributed by atoms with Crippen LogP contribution in [0.3, 0.4) is 0 Å². The highest BCUT2D eigenvalue weighted by molar-refractivity contribution is 7.92. The number of hydrogen-bond acceptors (Lipinski definition) is 5. The van der Waals surface area contributed by atoms with Crippen LogP contribution in [0.15, 0.2) is 36.4 Å². The fourth-order valence-corrected chi connectivity index (χ4v) is 6.75. The van der Waals surface area contributed by atoms with E-state index in [1.54, 1.807) is 0 Å². The first-order valence-electron chi connectivity index (χ1n) is 7.89. The molecule has 0 aromatic heterocycles. The Hall–Kier alpha value is -1.22. The van der Waals surface area contributed by atoms with Gasteiger partial charge in [-0.15, -0.1) is 0 Å². The van der Waals surface area contributed by atoms with E-state index < -0.39 is 25.9 Å². The average molecular weight is 370 g/mol. The third-order valence-corrected chi connectivity index (χ3v) is 7.62. The van der Waals surface area contributed by atoms with Crippen LogP contribution in [0.25, 0.3) is 6.08 Å². The van der Waals surface area contributed by atoms with Gasteiger partial charge in [-0.3, -0.25) is 4.90 Å². The summed E-state index contributed by atoms with van der Waals surface area (Å²) >= 11 is 0. The molecule has 0 amide bonds. The van der Waals surface area contributed by atoms with E-state index in [2.05, 4.69) is 4.90 Å². The highest BCUT2D eigenvalue weighted by Crippen LogP contribution is 2.28. The zero-order valence-corrected chi connectivity index (χ0v) is 15.2. The van der Waals surface area contributed by atoms with Crippen molar-refractivity contribution in [2.24, 2.45) is 0 Å². The van der Waals surface area contributed by atoms with Gasteiger partial charge < -0.3 is 0 Å². The lowest BCUT2D eigenvalue weighted by Gasteiger charge is -2.42. The van der Waals surface area contributed by atoms with E-state index in [0.29, 0.717) is 19.6 Å². The molecule has 2 aliphatic heterocycles. The predicted octanol–water partition coefficient (Wildman–Crippen LogP) is 0.443. The molecule has 2 aliphatic rings. The molecule has 8 heteroatoms. The molecule has 0 bridgehead atoms. The van der Waals surface area contributed by atoms with Crippen molar-refractivity contribution in [1.29, 1.82) is 0 Å². The molecule has 3 rings (SSSR count). The summed E-state index contributed by atoms with van der Waals surface area (Å²) in [6.45, 7) is 1.50. The second-order valence-electron chi connectivity index (χ2n) is 6.39. The van der Waals surface area contributed by atoms with Crippen LogP contribution in [0.4, 0.5) is 0 Å². The summed E-state index contributed by atoms with van der Waals surface area (Å²) in [6.07, 6.45) is 5.16. The third kappa shape index (κ3) is 3.88. The van der Waals surface area contributed by atoms with Crippen molar-refractivity contribution in [2.45, 2.75) is 12.1 Å². The van der Waals surface area contributed by atoms with Gasteiger partial charge in [0.1, 0.15) is 0 Å². The van der Waals surface area contributed by atoms with Crippen LogP contribution in [0, 0.1) is 0 Å². The zero-order chi connectivity index (χ0) is 17.4. The van der Waals surface area contributed by atoms with Crippen LogP contribution in [-0.4, -0.2) is 75.5 Å². The van der Waals surface area contributed by atoms with E-state index in [-0.39, 0.29) is 17.5 Å². The van der Waals surface area contributed by atoms with Gasteiger partial charge >= 0.3 is 0 Å². The van der Waals surface area contributed by atoms with Gasteiger partial charge in [-0.1, -0.05) is 42.5 Å². The smallest absolute Gasteiger partial charge is 0.211 e. The van der Waals surface area contributed by atoms with Gasteiger partial charge in [0.25, 0.3) is 0 Å². The summed E-state index contributed by atoms with van der Waals surface area (Å²) in [5.74, 6) is -0.0491. The lowest BCUT2D eigenvalue weighted by molar-refractivity contribution is 0.107. The van der Waals surface area contributed by atoms with Crippen molar-refractivity contribution in [2.75, 3.05) is 37.4 Å². The molecule has 6 nitrogen and oxygen atoms in total. The number of piperazine rings is 1. The number of sulfonamides is 1. The van der Waals surface area contributed by atoms with Crippen LogP contribution < -0.4 is 0 Å². The SMILES string of the molecule is CS(=O)(=O)N1CCN(C/C=C/c2ccccc2)[C@H]2CS(=O)(=O)C[C@H]21. The zero-order valence-electron chi connectivity index (χ0n) is 13.6. The molecule has 0 radical (unpaired) electrons. The van der Waals surface area contributed by atoms with Crippen molar-refractivity contribution in [3.63, 3.8) is 0 Å². The van der Waals surface area contributed by atoms with Gasteiger partial charge in [-0.05, 0) is 5.56 Å². The van der Waals surface area contributed by atoms with Crippen LogP contribution in [0.1, 0.15) is 5.56 Å². The van der Waals surface area contributed by atoms with Gasteiger partial charge in [0.05, 0.1) is 23.8 Å². The highest BCUT2D eigenvalue weighted by atomic mass is 32.2. The van der Waals surface area contributed by atoms with Gasteiger partial charge in [-0.25, -0.2) is 16.8 Å². The van der Waals surface area contributed by atoms with Crippen molar-refractivity contribution in [1.82, 2.24) is 9.21 Å². The fourth-order valence-electron chi connectivity index (χ4n) is 3.52. The van der Waals surface area contributed by atoms with E-state index in [1.165, 1.54) is 4.31 Å². The first kappa shape index (κ1) is 17.6. The maximum Gasteiger partial charge on any atom is 0.211 e. The Kier molecular flexibility index (Phi) is 4.83. The van der Waals surface area contributed by atoms with Crippen LogP contribution in [-0.2, 0) is 19.9 Å². The first-order valence-corrected chi connectivity index (χ1v) is 11.6. The molecule has 132 valence electrons. The summed E-state index contributed by atoms with van der Waals surface area (Å²) < 4.78 is 49.3. The number of rotatable bonds is 4. The molecule has 2 fully saturated rings. The molecule has 2 atom stereocenters. The van der Waals surface area contributed by atoms with Gasteiger partial charge in [0.2, 0.25) is 10.0 Å². The van der Waals surface area contributed by atoms with Gasteiger partial charge in [-0.2, -0.15) is 4.31 Å². The monoisotopic (exact) mass is 370 g/mol. The summed E-state index contributed by atoms with van der Waals surface area (Å²) in [5, 5.41) is 0. The maximum absolute atomic E-state index is 12.0. The summed E-state index contributed by atoms with van der Waals surface area (Å²) in [6, 6.07) is 9.15. The van der Waals surface area contributed by atoms with E-state index in [0.717, 1.165) is 11.8 Å². The second-order valence-corrected chi connectivity index (χ2v) is 10.5. The number of benzene rings is 1. The largest absolute Gasteiger partial charge is 0.293 e. The Morgan fingerprint density at radius 2 is 1.79 bits per heavy atom. The minimum Gasteiger partial charge on any atom is -0.293 e. The van der Waals surface area contributed by atoms with E-state index in [4.69, 9.17) is 0 Å². The minimum absolute atomic E-state index is 0.0306. The Morgan fingerprint density at radius 1 is 1.12 bits per heavy atom. The van der Waals surface area contributed by atoms with Crippen LogP contribution in [0.2, 0.25) is 0 Å². The highest BCUT2D eigenvalue weighted by Gasteiger charge is 2.48. The number of nitrogens with zero attached hydrogens (tertiary/aromatic N) is 2. The molecule has 24 heavy (non-hydrogen) atoms. The number of fused-ring (bicyclic) bond motifs is 1. The molecular weight excluding hydrogens is 348 g/mol. The molecule has 1 aromatic carbocycles. The molecule has 2 saturated heterocycles. The molecule has 0 spiro atoms. The third-order valence-electron chi connectivity index (χ3n) is 4.62. The Bertz CT molecular complexity index is 819. The predicted molar refractivity (Wildman–Crippen MR) is 94.8 cm³/mol. The van der Waals surface area contributed by atoms with Gasteiger partial charge in [0, 0.05) is 25.7 Å². The van der Waals surface area contributed by atoms with E-state index >= 15 is 0 Å². The quantitative estimate of drug-likeness (QED) is 0.769. The van der Waals surface area contributed by atoms with Crippen molar-refractivity contribution < 1.29 is 16.8 Å². The Labute approximate surface area is 143 Å². The van der Waals surface area contributed by atoms with Crippen molar-refractivity contribution in [3.05, 3.63) is 42.0 Å². The lowest BCUT2D eigenvalue weighted by atomic mass is 10.1. The maximum atomic E-state index is 12.0. The Balaban J connectivity index is 1.75. The lowest BCUT2D eigenvalue weighted by Crippen LogP contribution is -2.60. The second kappa shape index (κ2) is 6.59. The molecule has 0 unspecified atom stereocenters. The topological polar surface area (TPSA) is 74.8 Å². The Morgan fingerprint density at radius 3 is 2.46 bits per heavy atom. The fraction of sp³-hybridized carbons (Fsp3) is 0.500. The van der Waals surface area contributed by atoms with Crippen molar-refractivity contribution in [3.8, 4) is 0 Å². The first-order chi connectivity index (χ1) is 11.3. The normalized spacial score (nSPS) is 28.2. The summed E-state index contributed by atoms with van der Waals surface area (Å²) in [4.78, 5) is 2.08. The number of hydrogen-bond donors (Lipinski definition) is 0. The van der Waals surface area contributed by atoms with Crippen LogP contribution >= 0.6 is 0 Å². The molecule has 1 aromatic rings. The molecule has 2 heterocycles. The van der Waals surface area contributed by atoms with E-state index in [1.807, 2.05) is 42.5 Å². The standard InChI is InChI=1S/C16H22N2O4S2/c1-23(19,20)18-11-10-17(15-12-24(21,22)13-16(15)18)9-5-8-14-6-3-2-4-7-14/h2-8,15-16H,9-13H2,1H3/b8-5+/t15-,16+/m0/s1. The van der Waals surface area contributed by atoms with Crippen LogP contribution in [0.5, 0.6) is 0 Å². The number of sulfone groups is 1. The van der Waals surface area contributed by atoms with Gasteiger partial charge in [0.15, 0.2) is 9.84 Å². The summed E-state index contributed by atoms with van der Waals surface area (Å²) in [5.41, 5.74) is 1.09. The van der Waals surface area contributed by atoms with Crippen molar-refractivity contribution >= 4 is 25.9 Å². The molecular formula is C16H22N2O4S2.